The minimum Gasteiger partial charge on any atom is -0.491 e. The highest BCUT2D eigenvalue weighted by Crippen LogP contribution is 2.35. The monoisotopic (exact) mass is 374 g/mol. The second-order valence-electron chi connectivity index (χ2n) is 3.41. The molecule has 0 spiro atoms. The summed E-state index contributed by atoms with van der Waals surface area (Å²) in [6.45, 7) is 4.17. The molecule has 0 bridgehead atoms. The number of halogens is 2. The van der Waals surface area contributed by atoms with Gasteiger partial charge < -0.3 is 9.84 Å². The Kier molecular flexibility index (Phi) is 6.15. The molecule has 0 unspecified atom stereocenters. The van der Waals surface area contributed by atoms with E-state index in [1.54, 1.807) is 18.2 Å². The third-order valence-electron chi connectivity index (χ3n) is 2.01. The van der Waals surface area contributed by atoms with Crippen LogP contribution >= 0.6 is 31.9 Å². The lowest BCUT2D eigenvalue weighted by Crippen LogP contribution is -1.97. The van der Waals surface area contributed by atoms with Crippen molar-refractivity contribution in [2.45, 2.75) is 6.42 Å². The van der Waals surface area contributed by atoms with Crippen molar-refractivity contribution in [2.75, 3.05) is 6.61 Å². The van der Waals surface area contributed by atoms with Crippen LogP contribution in [0, 0.1) is 0 Å². The average Bonchev–Trinajstić information content (AvgIpc) is 2.30. The Morgan fingerprint density at radius 2 is 2.00 bits per heavy atom. The minimum atomic E-state index is -0.978. The van der Waals surface area contributed by atoms with Gasteiger partial charge in [-0.1, -0.05) is 6.08 Å². The quantitative estimate of drug-likeness (QED) is 0.459. The van der Waals surface area contributed by atoms with Crippen LogP contribution < -0.4 is 4.74 Å². The van der Waals surface area contributed by atoms with Crippen LogP contribution in [0.1, 0.15) is 12.0 Å². The van der Waals surface area contributed by atoms with E-state index >= 15 is 0 Å². The Morgan fingerprint density at radius 3 is 2.50 bits per heavy atom. The molecule has 0 heterocycles. The van der Waals surface area contributed by atoms with Gasteiger partial charge in [-0.25, -0.2) is 4.79 Å². The molecule has 0 aliphatic heterocycles. The van der Waals surface area contributed by atoms with Crippen LogP contribution in [-0.2, 0) is 4.79 Å². The maximum absolute atomic E-state index is 10.4. The highest BCUT2D eigenvalue weighted by Gasteiger charge is 2.07. The lowest BCUT2D eigenvalue weighted by Gasteiger charge is -2.10. The molecule has 1 N–H and O–H groups in total. The molecule has 0 saturated heterocycles. The van der Waals surface area contributed by atoms with E-state index in [1.807, 2.05) is 0 Å². The molecule has 1 aromatic carbocycles. The van der Waals surface area contributed by atoms with Crippen molar-refractivity contribution >= 4 is 43.9 Å². The zero-order valence-corrected chi connectivity index (χ0v) is 12.7. The third-order valence-corrected chi connectivity index (χ3v) is 3.19. The van der Waals surface area contributed by atoms with E-state index in [0.29, 0.717) is 12.4 Å². The van der Waals surface area contributed by atoms with E-state index in [4.69, 9.17) is 9.84 Å². The standard InChI is InChI=1S/C13H12Br2O3/c1-2-3-6-18-13-10(14)7-9(8-11(13)15)4-5-12(16)17/h2,4-5,7-8H,1,3,6H2,(H,16,17)/b5-4+. The minimum absolute atomic E-state index is 0.547. The van der Waals surface area contributed by atoms with Gasteiger partial charge in [-0.3, -0.25) is 0 Å². The smallest absolute Gasteiger partial charge is 0.328 e. The molecule has 0 aliphatic carbocycles. The van der Waals surface area contributed by atoms with Crippen molar-refractivity contribution in [3.63, 3.8) is 0 Å². The van der Waals surface area contributed by atoms with Crippen molar-refractivity contribution in [3.05, 3.63) is 45.4 Å². The predicted octanol–water partition coefficient (Wildman–Crippen LogP) is 4.26. The molecular weight excluding hydrogens is 364 g/mol. The molecular formula is C13H12Br2O3. The molecule has 1 rings (SSSR count). The van der Waals surface area contributed by atoms with E-state index in [-0.39, 0.29) is 0 Å². The summed E-state index contributed by atoms with van der Waals surface area (Å²) in [5, 5.41) is 8.57. The van der Waals surface area contributed by atoms with Gasteiger partial charge in [0.1, 0.15) is 5.75 Å². The third kappa shape index (κ3) is 4.66. The Labute approximate surface area is 122 Å². The second-order valence-corrected chi connectivity index (χ2v) is 5.12. The van der Waals surface area contributed by atoms with E-state index in [0.717, 1.165) is 27.0 Å². The number of rotatable bonds is 6. The summed E-state index contributed by atoms with van der Waals surface area (Å²) in [5.41, 5.74) is 0.771. The fourth-order valence-corrected chi connectivity index (χ4v) is 2.68. The van der Waals surface area contributed by atoms with Crippen molar-refractivity contribution in [3.8, 4) is 5.75 Å². The summed E-state index contributed by atoms with van der Waals surface area (Å²) in [6.07, 6.45) is 5.16. The summed E-state index contributed by atoms with van der Waals surface area (Å²) in [7, 11) is 0. The molecule has 0 aliphatic rings. The normalized spacial score (nSPS) is 10.6. The van der Waals surface area contributed by atoms with Crippen LogP contribution in [0.4, 0.5) is 0 Å². The van der Waals surface area contributed by atoms with Crippen LogP contribution in [0.2, 0.25) is 0 Å². The van der Waals surface area contributed by atoms with Gasteiger partial charge in [-0.05, 0) is 62.1 Å². The molecule has 1 aromatic rings. The number of hydrogen-bond donors (Lipinski definition) is 1. The molecule has 5 heteroatoms. The van der Waals surface area contributed by atoms with Crippen LogP contribution in [0.25, 0.3) is 6.08 Å². The van der Waals surface area contributed by atoms with Gasteiger partial charge in [-0.2, -0.15) is 0 Å². The Hall–Kier alpha value is -1.07. The Morgan fingerprint density at radius 1 is 1.39 bits per heavy atom. The summed E-state index contributed by atoms with van der Waals surface area (Å²) < 4.78 is 7.12. The van der Waals surface area contributed by atoms with Gasteiger partial charge >= 0.3 is 5.97 Å². The molecule has 0 aromatic heterocycles. The van der Waals surface area contributed by atoms with Gasteiger partial charge in [0, 0.05) is 6.08 Å². The van der Waals surface area contributed by atoms with Gasteiger partial charge in [0.2, 0.25) is 0 Å². The van der Waals surface area contributed by atoms with Gasteiger partial charge in [0.15, 0.2) is 0 Å². The molecule has 96 valence electrons. The van der Waals surface area contributed by atoms with E-state index in [2.05, 4.69) is 38.4 Å². The second kappa shape index (κ2) is 7.38. The number of ether oxygens (including phenoxy) is 1. The molecule has 3 nitrogen and oxygen atoms in total. The van der Waals surface area contributed by atoms with Crippen LogP contribution in [0.15, 0.2) is 39.8 Å². The first-order valence-corrected chi connectivity index (χ1v) is 6.77. The van der Waals surface area contributed by atoms with Crippen molar-refractivity contribution < 1.29 is 14.6 Å². The first-order valence-electron chi connectivity index (χ1n) is 5.18. The topological polar surface area (TPSA) is 46.5 Å². The summed E-state index contributed by atoms with van der Waals surface area (Å²) in [5.74, 6) is -0.280. The van der Waals surface area contributed by atoms with Crippen molar-refractivity contribution in [1.29, 1.82) is 0 Å². The highest BCUT2D eigenvalue weighted by molar-refractivity contribution is 9.11. The van der Waals surface area contributed by atoms with Crippen LogP contribution in [0.5, 0.6) is 5.75 Å². The fraction of sp³-hybridized carbons (Fsp3) is 0.154. The molecule has 0 saturated carbocycles. The van der Waals surface area contributed by atoms with E-state index in [9.17, 15) is 4.79 Å². The van der Waals surface area contributed by atoms with Crippen LogP contribution in [-0.4, -0.2) is 17.7 Å². The first-order chi connectivity index (χ1) is 8.54. The highest BCUT2D eigenvalue weighted by atomic mass is 79.9. The van der Waals surface area contributed by atoms with Crippen LogP contribution in [0.3, 0.4) is 0 Å². The number of carboxylic acid groups (broad SMARTS) is 1. The van der Waals surface area contributed by atoms with Gasteiger partial charge in [0.05, 0.1) is 15.6 Å². The van der Waals surface area contributed by atoms with Gasteiger partial charge in [0.25, 0.3) is 0 Å². The van der Waals surface area contributed by atoms with Crippen molar-refractivity contribution in [1.82, 2.24) is 0 Å². The molecule has 0 fully saturated rings. The Balaban J connectivity index is 2.90. The number of aliphatic carboxylic acids is 1. The maximum Gasteiger partial charge on any atom is 0.328 e. The number of carboxylic acids is 1. The van der Waals surface area contributed by atoms with Crippen molar-refractivity contribution in [2.24, 2.45) is 0 Å². The molecule has 0 radical (unpaired) electrons. The lowest BCUT2D eigenvalue weighted by atomic mass is 10.2. The summed E-state index contributed by atoms with van der Waals surface area (Å²) in [6, 6.07) is 3.60. The molecule has 18 heavy (non-hydrogen) atoms. The van der Waals surface area contributed by atoms with E-state index < -0.39 is 5.97 Å². The zero-order valence-electron chi connectivity index (χ0n) is 9.53. The predicted molar refractivity (Wildman–Crippen MR) is 78.8 cm³/mol. The Bertz CT molecular complexity index is 458. The molecule has 0 amide bonds. The number of benzene rings is 1. The summed E-state index contributed by atoms with van der Waals surface area (Å²) in [4.78, 5) is 10.4. The average molecular weight is 376 g/mol. The zero-order chi connectivity index (χ0) is 13.5. The van der Waals surface area contributed by atoms with Gasteiger partial charge in [-0.15, -0.1) is 6.58 Å². The molecule has 0 atom stereocenters. The summed E-state index contributed by atoms with van der Waals surface area (Å²) >= 11 is 6.79. The number of carbonyl (C=O) groups is 1. The first kappa shape index (κ1) is 15.0. The number of hydrogen-bond acceptors (Lipinski definition) is 2. The largest absolute Gasteiger partial charge is 0.491 e. The SMILES string of the molecule is C=CCCOc1c(Br)cc(/C=C/C(=O)O)cc1Br. The lowest BCUT2D eigenvalue weighted by molar-refractivity contribution is -0.131. The van der Waals surface area contributed by atoms with E-state index in [1.165, 1.54) is 6.08 Å². The maximum atomic E-state index is 10.4. The fourth-order valence-electron chi connectivity index (χ4n) is 1.23.